The van der Waals surface area contributed by atoms with Crippen LogP contribution in [0, 0.1) is 0 Å². The quantitative estimate of drug-likeness (QED) is 0.165. The van der Waals surface area contributed by atoms with Gasteiger partial charge in [0.25, 0.3) is 11.8 Å². The molecule has 1 heterocycles. The zero-order valence-corrected chi connectivity index (χ0v) is 21.9. The van der Waals surface area contributed by atoms with E-state index in [4.69, 9.17) is 16.0 Å². The molecule has 0 aliphatic heterocycles. The van der Waals surface area contributed by atoms with Gasteiger partial charge >= 0.3 is 0 Å². The Morgan fingerprint density at radius 1 is 0.868 bits per heavy atom. The van der Waals surface area contributed by atoms with Crippen molar-refractivity contribution in [2.45, 2.75) is 17.1 Å². The van der Waals surface area contributed by atoms with Crippen LogP contribution in [-0.2, 0) is 9.59 Å². The topological polar surface area (TPSA) is 100 Å². The second-order valence-corrected chi connectivity index (χ2v) is 9.98. The number of furan rings is 1. The number of benzene rings is 3. The molecular weight excluding hydrogens is 522 g/mol. The third-order valence-corrected chi connectivity index (χ3v) is 6.59. The first kappa shape index (κ1) is 26.8. The highest BCUT2D eigenvalue weighted by Crippen LogP contribution is 2.27. The fourth-order valence-electron chi connectivity index (χ4n) is 3.34. The third-order valence-electron chi connectivity index (χ3n) is 5.24. The SMILES string of the molecule is CC(Sc1cccc(NC(=O)/C(=C/c2ccco2)NC(=O)c2ccccc2)c1)C(=O)Nc1ccc(Cl)cc1. The summed E-state index contributed by atoms with van der Waals surface area (Å²) in [6.07, 6.45) is 2.93. The number of halogens is 1. The first-order valence-corrected chi connectivity index (χ1v) is 12.9. The number of anilines is 2. The van der Waals surface area contributed by atoms with Gasteiger partial charge in [0.05, 0.1) is 11.5 Å². The predicted molar refractivity (Wildman–Crippen MR) is 151 cm³/mol. The largest absolute Gasteiger partial charge is 0.465 e. The van der Waals surface area contributed by atoms with E-state index in [1.165, 1.54) is 24.1 Å². The highest BCUT2D eigenvalue weighted by atomic mass is 35.5. The third kappa shape index (κ3) is 7.61. The summed E-state index contributed by atoms with van der Waals surface area (Å²) in [6.45, 7) is 1.80. The van der Waals surface area contributed by atoms with Gasteiger partial charge in [-0.2, -0.15) is 0 Å². The van der Waals surface area contributed by atoms with Crippen LogP contribution >= 0.6 is 23.4 Å². The molecule has 0 radical (unpaired) electrons. The maximum atomic E-state index is 13.2. The van der Waals surface area contributed by atoms with Gasteiger partial charge in [0.1, 0.15) is 11.5 Å². The maximum absolute atomic E-state index is 13.2. The number of hydrogen-bond donors (Lipinski definition) is 3. The molecule has 4 aromatic rings. The van der Waals surface area contributed by atoms with E-state index in [2.05, 4.69) is 16.0 Å². The summed E-state index contributed by atoms with van der Waals surface area (Å²) in [5.74, 6) is -0.711. The van der Waals surface area contributed by atoms with Gasteiger partial charge in [0.15, 0.2) is 0 Å². The van der Waals surface area contributed by atoms with Gasteiger partial charge < -0.3 is 20.4 Å². The average molecular weight is 546 g/mol. The molecule has 0 saturated carbocycles. The average Bonchev–Trinajstić information content (AvgIpc) is 3.43. The molecule has 0 bridgehead atoms. The molecular formula is C29H24ClN3O4S. The number of thioether (sulfide) groups is 1. The lowest BCUT2D eigenvalue weighted by atomic mass is 10.2. The summed E-state index contributed by atoms with van der Waals surface area (Å²) in [7, 11) is 0. The fraction of sp³-hybridized carbons (Fsp3) is 0.0690. The molecule has 1 atom stereocenters. The molecule has 7 nitrogen and oxygen atoms in total. The van der Waals surface area contributed by atoms with Gasteiger partial charge in [-0.3, -0.25) is 14.4 Å². The van der Waals surface area contributed by atoms with Gasteiger partial charge in [-0.1, -0.05) is 35.9 Å². The Hall–Kier alpha value is -4.27. The Morgan fingerprint density at radius 2 is 1.63 bits per heavy atom. The maximum Gasteiger partial charge on any atom is 0.272 e. The minimum absolute atomic E-state index is 0.0163. The molecule has 1 unspecified atom stereocenters. The van der Waals surface area contributed by atoms with E-state index in [0.717, 1.165) is 4.90 Å². The van der Waals surface area contributed by atoms with E-state index >= 15 is 0 Å². The van der Waals surface area contributed by atoms with Crippen molar-refractivity contribution in [3.05, 3.63) is 119 Å². The van der Waals surface area contributed by atoms with Crippen molar-refractivity contribution in [3.8, 4) is 0 Å². The molecule has 0 aliphatic rings. The first-order chi connectivity index (χ1) is 18.4. The summed E-state index contributed by atoms with van der Waals surface area (Å²) >= 11 is 7.25. The van der Waals surface area contributed by atoms with E-state index < -0.39 is 17.1 Å². The van der Waals surface area contributed by atoms with Crippen molar-refractivity contribution in [1.29, 1.82) is 0 Å². The van der Waals surface area contributed by atoms with Crippen molar-refractivity contribution in [1.82, 2.24) is 5.32 Å². The van der Waals surface area contributed by atoms with Gasteiger partial charge in [-0.15, -0.1) is 11.8 Å². The van der Waals surface area contributed by atoms with Crippen molar-refractivity contribution in [2.24, 2.45) is 0 Å². The molecule has 3 amide bonds. The lowest BCUT2D eigenvalue weighted by Gasteiger charge is -2.14. The van der Waals surface area contributed by atoms with Gasteiger partial charge in [0.2, 0.25) is 5.91 Å². The Kier molecular flexibility index (Phi) is 9.02. The van der Waals surface area contributed by atoms with Crippen LogP contribution in [0.1, 0.15) is 23.0 Å². The number of rotatable bonds is 9. The highest BCUT2D eigenvalue weighted by molar-refractivity contribution is 8.00. The van der Waals surface area contributed by atoms with Crippen LogP contribution in [0.5, 0.6) is 0 Å². The minimum atomic E-state index is -0.527. The summed E-state index contributed by atoms with van der Waals surface area (Å²) in [4.78, 5) is 39.3. The first-order valence-electron chi connectivity index (χ1n) is 11.6. The Morgan fingerprint density at radius 3 is 2.34 bits per heavy atom. The van der Waals surface area contributed by atoms with Crippen molar-refractivity contribution < 1.29 is 18.8 Å². The lowest BCUT2D eigenvalue weighted by Crippen LogP contribution is -2.30. The lowest BCUT2D eigenvalue weighted by molar-refractivity contribution is -0.115. The van der Waals surface area contributed by atoms with Crippen LogP contribution in [0.2, 0.25) is 5.02 Å². The van der Waals surface area contributed by atoms with E-state index in [1.807, 2.05) is 6.07 Å². The van der Waals surface area contributed by atoms with Gasteiger partial charge in [-0.05, 0) is 73.7 Å². The summed E-state index contributed by atoms with van der Waals surface area (Å²) in [6, 6.07) is 26.0. The fourth-order valence-corrected chi connectivity index (χ4v) is 4.39. The predicted octanol–water partition coefficient (Wildman–Crippen LogP) is 6.46. The van der Waals surface area contributed by atoms with Crippen LogP contribution in [0.25, 0.3) is 6.08 Å². The monoisotopic (exact) mass is 545 g/mol. The molecule has 0 spiro atoms. The molecule has 0 saturated heterocycles. The number of carbonyl (C=O) groups excluding carboxylic acids is 3. The zero-order chi connectivity index (χ0) is 26.9. The second-order valence-electron chi connectivity index (χ2n) is 8.13. The molecule has 0 aliphatic carbocycles. The van der Waals surface area contributed by atoms with Crippen molar-refractivity contribution in [2.75, 3.05) is 10.6 Å². The molecule has 4 rings (SSSR count). The summed E-state index contributed by atoms with van der Waals surface area (Å²) in [5, 5.41) is 8.51. The van der Waals surface area contributed by atoms with Crippen LogP contribution in [0.4, 0.5) is 11.4 Å². The summed E-state index contributed by atoms with van der Waals surface area (Å²) in [5.41, 5.74) is 1.59. The van der Waals surface area contributed by atoms with Gasteiger partial charge in [0, 0.05) is 32.9 Å². The normalized spacial score (nSPS) is 11.9. The number of nitrogens with one attached hydrogen (secondary N) is 3. The van der Waals surface area contributed by atoms with E-state index in [0.29, 0.717) is 27.7 Å². The van der Waals surface area contributed by atoms with E-state index in [9.17, 15) is 14.4 Å². The number of carbonyl (C=O) groups is 3. The molecule has 192 valence electrons. The highest BCUT2D eigenvalue weighted by Gasteiger charge is 2.17. The van der Waals surface area contributed by atoms with Crippen LogP contribution < -0.4 is 16.0 Å². The Bertz CT molecular complexity index is 1440. The summed E-state index contributed by atoms with van der Waals surface area (Å²) < 4.78 is 5.33. The minimum Gasteiger partial charge on any atom is -0.465 e. The molecule has 38 heavy (non-hydrogen) atoms. The van der Waals surface area contributed by atoms with Crippen molar-refractivity contribution in [3.63, 3.8) is 0 Å². The smallest absolute Gasteiger partial charge is 0.272 e. The molecule has 9 heteroatoms. The standard InChI is InChI=1S/C29H24ClN3O4S/c1-19(27(34)31-22-14-12-21(30)13-15-22)38-25-11-5-9-23(17-25)32-29(36)26(18-24-10-6-16-37-24)33-28(35)20-7-3-2-4-8-20/h2-19H,1H3,(H,31,34)(H,32,36)(H,33,35)/b26-18-. The van der Waals surface area contributed by atoms with Crippen LogP contribution in [0.3, 0.4) is 0 Å². The molecule has 1 aromatic heterocycles. The number of hydrogen-bond acceptors (Lipinski definition) is 5. The Labute approximate surface area is 229 Å². The molecule has 3 N–H and O–H groups in total. The van der Waals surface area contributed by atoms with E-state index in [-0.39, 0.29) is 11.6 Å². The zero-order valence-electron chi connectivity index (χ0n) is 20.3. The van der Waals surface area contributed by atoms with E-state index in [1.54, 1.807) is 91.9 Å². The number of amides is 3. The second kappa shape index (κ2) is 12.8. The molecule has 0 fully saturated rings. The Balaban J connectivity index is 1.44. The molecule has 3 aromatic carbocycles. The van der Waals surface area contributed by atoms with Crippen LogP contribution in [-0.4, -0.2) is 23.0 Å². The van der Waals surface area contributed by atoms with Crippen molar-refractivity contribution >= 4 is 58.5 Å². The van der Waals surface area contributed by atoms with Crippen LogP contribution in [0.15, 0.2) is 112 Å². The van der Waals surface area contributed by atoms with Gasteiger partial charge in [-0.25, -0.2) is 0 Å².